The molecular weight excluding hydrogens is 384 g/mol. The summed E-state index contributed by atoms with van der Waals surface area (Å²) in [6.07, 6.45) is 1.06. The maximum Gasteiger partial charge on any atom is 0.255 e. The Hall–Kier alpha value is -2.80. The highest BCUT2D eigenvalue weighted by Gasteiger charge is 2.16. The number of hydrogen-bond donors (Lipinski definition) is 2. The highest BCUT2D eigenvalue weighted by atomic mass is 32.2. The van der Waals surface area contributed by atoms with Crippen molar-refractivity contribution in [2.75, 3.05) is 11.9 Å². The maximum absolute atomic E-state index is 12.5. The smallest absolute Gasteiger partial charge is 0.255 e. The summed E-state index contributed by atoms with van der Waals surface area (Å²) < 4.78 is 20.4. The van der Waals surface area contributed by atoms with E-state index in [4.69, 9.17) is 0 Å². The first kappa shape index (κ1) is 19.5. The molecule has 3 aromatic carbocycles. The average Bonchev–Trinajstić information content (AvgIpc) is 2.74. The Balaban J connectivity index is 1.38. The molecule has 4 rings (SSSR count). The van der Waals surface area contributed by atoms with Gasteiger partial charge in [0.2, 0.25) is 11.1 Å². The zero-order chi connectivity index (χ0) is 20.2. The van der Waals surface area contributed by atoms with Crippen molar-refractivity contribution >= 4 is 22.7 Å². The molecule has 1 atom stereocenters. The summed E-state index contributed by atoms with van der Waals surface area (Å²) in [5.41, 5.74) is 5.05. The van der Waals surface area contributed by atoms with E-state index in [1.807, 2.05) is 24.3 Å². The number of benzene rings is 3. The van der Waals surface area contributed by atoms with Gasteiger partial charge < -0.3 is 5.32 Å². The molecule has 148 valence electrons. The van der Waals surface area contributed by atoms with E-state index < -0.39 is 11.1 Å². The van der Waals surface area contributed by atoms with E-state index in [9.17, 15) is 13.6 Å². The van der Waals surface area contributed by atoms with Gasteiger partial charge >= 0.3 is 0 Å². The van der Waals surface area contributed by atoms with Crippen LogP contribution in [-0.4, -0.2) is 21.9 Å². The average molecular weight is 408 g/mol. The summed E-state index contributed by atoms with van der Waals surface area (Å²) in [6, 6.07) is 22.6. The quantitative estimate of drug-likeness (QED) is 0.495. The lowest BCUT2D eigenvalue weighted by atomic mass is 9.99. The Kier molecular flexibility index (Phi) is 5.85. The summed E-state index contributed by atoms with van der Waals surface area (Å²) in [5, 5.41) is 2.78. The molecule has 1 aliphatic rings. The van der Waals surface area contributed by atoms with Crippen LogP contribution in [-0.2, 0) is 34.8 Å². The van der Waals surface area contributed by atoms with Crippen molar-refractivity contribution in [3.05, 3.63) is 95.1 Å². The summed E-state index contributed by atoms with van der Waals surface area (Å²) in [5.74, 6) is -0.242. The first-order chi connectivity index (χ1) is 14.1. The normalized spacial score (nSPS) is 14.8. The number of fused-ring (bicyclic) bond motifs is 1. The predicted octanol–water partition coefficient (Wildman–Crippen LogP) is 4.03. The number of nitrogens with one attached hydrogen (secondary N) is 1. The molecule has 1 aliphatic heterocycles. The third-order valence-corrected chi connectivity index (χ3v) is 5.88. The molecule has 0 aliphatic carbocycles. The minimum atomic E-state index is -2.43. The molecule has 0 spiro atoms. The SMILES string of the molecule is O=C(Nc1cccc([SH+](=O)O)c1)c1ccc(CN2CCc3ccccc3C2)cc1. The third kappa shape index (κ3) is 4.79. The topological polar surface area (TPSA) is 69.6 Å². The Labute approximate surface area is 172 Å². The second-order valence-electron chi connectivity index (χ2n) is 7.20. The van der Waals surface area contributed by atoms with Crippen LogP contribution in [0.5, 0.6) is 0 Å². The van der Waals surface area contributed by atoms with Gasteiger partial charge in [0, 0.05) is 37.0 Å². The zero-order valence-corrected chi connectivity index (χ0v) is 16.8. The molecule has 0 saturated carbocycles. The van der Waals surface area contributed by atoms with E-state index in [2.05, 4.69) is 34.5 Å². The zero-order valence-electron chi connectivity index (χ0n) is 15.9. The summed E-state index contributed by atoms with van der Waals surface area (Å²) >= 11 is -2.43. The van der Waals surface area contributed by atoms with Gasteiger partial charge in [-0.3, -0.25) is 9.69 Å². The number of carbonyl (C=O) groups is 1. The number of thiol groups is 1. The summed E-state index contributed by atoms with van der Waals surface area (Å²) in [4.78, 5) is 15.2. The second kappa shape index (κ2) is 8.69. The van der Waals surface area contributed by atoms with Crippen LogP contribution in [0.15, 0.2) is 77.7 Å². The number of anilines is 1. The van der Waals surface area contributed by atoms with E-state index in [-0.39, 0.29) is 10.8 Å². The maximum atomic E-state index is 12.5. The second-order valence-corrected chi connectivity index (χ2v) is 8.27. The number of nitrogens with zero attached hydrogens (tertiary/aromatic N) is 1. The molecule has 6 heteroatoms. The van der Waals surface area contributed by atoms with Crippen molar-refractivity contribution in [1.29, 1.82) is 0 Å². The van der Waals surface area contributed by atoms with E-state index in [0.717, 1.165) is 26.1 Å². The Morgan fingerprint density at radius 1 is 1.00 bits per heavy atom. The molecule has 1 amide bonds. The predicted molar refractivity (Wildman–Crippen MR) is 115 cm³/mol. The molecule has 5 nitrogen and oxygen atoms in total. The van der Waals surface area contributed by atoms with Crippen LogP contribution in [0.3, 0.4) is 0 Å². The van der Waals surface area contributed by atoms with Crippen molar-refractivity contribution in [3.63, 3.8) is 0 Å². The van der Waals surface area contributed by atoms with Gasteiger partial charge in [-0.2, -0.15) is 4.55 Å². The number of carbonyl (C=O) groups excluding carboxylic acids is 1. The van der Waals surface area contributed by atoms with E-state index in [1.54, 1.807) is 18.2 Å². The van der Waals surface area contributed by atoms with Crippen molar-refractivity contribution in [2.45, 2.75) is 24.4 Å². The molecule has 0 radical (unpaired) electrons. The van der Waals surface area contributed by atoms with Crippen LogP contribution < -0.4 is 5.32 Å². The summed E-state index contributed by atoms with van der Waals surface area (Å²) in [6.45, 7) is 2.83. The Bertz CT molecular complexity index is 1050. The number of hydrogen-bond acceptors (Lipinski definition) is 3. The van der Waals surface area contributed by atoms with Crippen LogP contribution in [0.2, 0.25) is 0 Å². The first-order valence-corrected chi connectivity index (χ1v) is 10.8. The monoisotopic (exact) mass is 407 g/mol. The molecule has 29 heavy (non-hydrogen) atoms. The van der Waals surface area contributed by atoms with Crippen LogP contribution >= 0.6 is 0 Å². The van der Waals surface area contributed by atoms with Crippen LogP contribution in [0, 0.1) is 0 Å². The van der Waals surface area contributed by atoms with Gasteiger partial charge in [-0.05, 0) is 47.4 Å². The molecule has 2 N–H and O–H groups in total. The van der Waals surface area contributed by atoms with Gasteiger partial charge in [0.05, 0.1) is 0 Å². The standard InChI is InChI=1S/C23H22N2O3S/c26-23(24-21-6-3-7-22(14-21)29(27)28)19-10-8-17(9-11-19)15-25-13-12-18-4-1-2-5-20(18)16-25/h1-11,14H,12-13,15-16H2,(H,24,26)(H,27,28)/p+1. The van der Waals surface area contributed by atoms with E-state index in [1.165, 1.54) is 22.8 Å². The number of rotatable bonds is 5. The molecular formula is C23H23N2O3S+. The largest absolute Gasteiger partial charge is 0.322 e. The lowest BCUT2D eigenvalue weighted by Gasteiger charge is -2.28. The van der Waals surface area contributed by atoms with E-state index >= 15 is 0 Å². The Morgan fingerprint density at radius 2 is 1.76 bits per heavy atom. The van der Waals surface area contributed by atoms with Crippen molar-refractivity contribution in [1.82, 2.24) is 4.90 Å². The lowest BCUT2D eigenvalue weighted by molar-refractivity contribution is 0.102. The van der Waals surface area contributed by atoms with Gasteiger partial charge in [0.1, 0.15) is 0 Å². The fraction of sp³-hybridized carbons (Fsp3) is 0.174. The van der Waals surface area contributed by atoms with Crippen LogP contribution in [0.1, 0.15) is 27.0 Å². The highest BCUT2D eigenvalue weighted by Crippen LogP contribution is 2.21. The minimum absolute atomic E-state index is 0.242. The molecule has 0 aromatic heterocycles. The van der Waals surface area contributed by atoms with E-state index in [0.29, 0.717) is 11.3 Å². The van der Waals surface area contributed by atoms with Gasteiger partial charge in [-0.25, -0.2) is 0 Å². The Morgan fingerprint density at radius 3 is 2.52 bits per heavy atom. The van der Waals surface area contributed by atoms with Gasteiger partial charge in [-0.1, -0.05) is 46.7 Å². The van der Waals surface area contributed by atoms with Crippen LogP contribution in [0.4, 0.5) is 5.69 Å². The first-order valence-electron chi connectivity index (χ1n) is 9.54. The van der Waals surface area contributed by atoms with Gasteiger partial charge in [0.25, 0.3) is 5.91 Å². The molecule has 0 fully saturated rings. The highest BCUT2D eigenvalue weighted by molar-refractivity contribution is 7.79. The molecule has 0 saturated heterocycles. The minimum Gasteiger partial charge on any atom is -0.322 e. The van der Waals surface area contributed by atoms with Crippen molar-refractivity contribution < 1.29 is 13.6 Å². The fourth-order valence-electron chi connectivity index (χ4n) is 3.61. The van der Waals surface area contributed by atoms with Crippen LogP contribution in [0.25, 0.3) is 0 Å². The molecule has 0 bridgehead atoms. The molecule has 1 unspecified atom stereocenters. The third-order valence-electron chi connectivity index (χ3n) is 5.16. The van der Waals surface area contributed by atoms with Gasteiger partial charge in [0.15, 0.2) is 4.90 Å². The fourth-order valence-corrected chi connectivity index (χ4v) is 4.08. The lowest BCUT2D eigenvalue weighted by Crippen LogP contribution is -2.29. The van der Waals surface area contributed by atoms with Gasteiger partial charge in [-0.15, -0.1) is 0 Å². The van der Waals surface area contributed by atoms with Crippen molar-refractivity contribution in [3.8, 4) is 0 Å². The van der Waals surface area contributed by atoms with Crippen molar-refractivity contribution in [2.24, 2.45) is 0 Å². The molecule has 3 aromatic rings. The molecule has 1 heterocycles. The number of amides is 1. The summed E-state index contributed by atoms with van der Waals surface area (Å²) in [7, 11) is 0.